The third-order valence-electron chi connectivity index (χ3n) is 3.32. The van der Waals surface area contributed by atoms with Crippen LogP contribution in [0.2, 0.25) is 0 Å². The molecule has 0 aliphatic carbocycles. The summed E-state index contributed by atoms with van der Waals surface area (Å²) in [6.07, 6.45) is 0. The Bertz CT molecular complexity index is 549. The topological polar surface area (TPSA) is 34.1 Å². The highest BCUT2D eigenvalue weighted by Gasteiger charge is 2.57. The van der Waals surface area contributed by atoms with Crippen LogP contribution in [-0.4, -0.2) is 11.0 Å². The fraction of sp³-hybridized carbons (Fsp3) is 0.0667. The fourth-order valence-electron chi connectivity index (χ4n) is 2.40. The van der Waals surface area contributed by atoms with Crippen molar-refractivity contribution in [3.63, 3.8) is 0 Å². The predicted molar refractivity (Wildman–Crippen MR) is 72.0 cm³/mol. The average molecular weight is 254 g/mol. The highest BCUT2D eigenvalue weighted by Crippen LogP contribution is 2.52. The Balaban J connectivity index is 2.24. The SMILES string of the molecule is O=C1PC(=O)C1(c1ccccc1)c1ccccc1. The highest BCUT2D eigenvalue weighted by atomic mass is 31.1. The smallest absolute Gasteiger partial charge is 0.181 e. The first-order chi connectivity index (χ1) is 8.76. The van der Waals surface area contributed by atoms with Crippen LogP contribution in [0.25, 0.3) is 0 Å². The van der Waals surface area contributed by atoms with Gasteiger partial charge in [-0.2, -0.15) is 0 Å². The first kappa shape index (κ1) is 11.3. The van der Waals surface area contributed by atoms with E-state index in [1.165, 1.54) is 0 Å². The third kappa shape index (κ3) is 1.39. The highest BCUT2D eigenvalue weighted by molar-refractivity contribution is 7.79. The minimum absolute atomic E-state index is 0.0184. The normalized spacial score (nSPS) is 17.3. The average Bonchev–Trinajstić information content (AvgIpc) is 2.41. The summed E-state index contributed by atoms with van der Waals surface area (Å²) in [4.78, 5) is 24.3. The zero-order valence-electron chi connectivity index (χ0n) is 9.59. The second-order valence-corrected chi connectivity index (χ2v) is 5.42. The van der Waals surface area contributed by atoms with Crippen LogP contribution in [0, 0.1) is 0 Å². The molecule has 0 unspecified atom stereocenters. The van der Waals surface area contributed by atoms with Crippen LogP contribution < -0.4 is 0 Å². The van der Waals surface area contributed by atoms with E-state index in [-0.39, 0.29) is 19.6 Å². The quantitative estimate of drug-likeness (QED) is 0.610. The van der Waals surface area contributed by atoms with E-state index in [1.54, 1.807) is 0 Å². The molecule has 0 radical (unpaired) electrons. The van der Waals surface area contributed by atoms with E-state index in [2.05, 4.69) is 0 Å². The number of carbonyl (C=O) groups excluding carboxylic acids is 2. The third-order valence-corrected chi connectivity index (χ3v) is 4.53. The molecular weight excluding hydrogens is 243 g/mol. The molecule has 0 spiro atoms. The van der Waals surface area contributed by atoms with Crippen LogP contribution in [0.1, 0.15) is 11.1 Å². The van der Waals surface area contributed by atoms with Gasteiger partial charge < -0.3 is 0 Å². The molecule has 3 heteroatoms. The lowest BCUT2D eigenvalue weighted by atomic mass is 9.75. The molecular formula is C15H11O2P. The van der Waals surface area contributed by atoms with Gasteiger partial charge in [-0.1, -0.05) is 60.7 Å². The molecule has 2 aromatic carbocycles. The standard InChI is InChI=1S/C15H11O2P/c16-13-15(14(17)18-13,11-7-3-1-4-8-11)12-9-5-2-6-10-12/h1-10,18H. The largest absolute Gasteiger partial charge is 0.292 e. The van der Waals surface area contributed by atoms with Gasteiger partial charge in [0.15, 0.2) is 11.0 Å². The summed E-state index contributed by atoms with van der Waals surface area (Å²) in [5.74, 6) is 0. The molecule has 3 rings (SSSR count). The summed E-state index contributed by atoms with van der Waals surface area (Å²) in [5.41, 5.74) is 0.561. The van der Waals surface area contributed by atoms with Gasteiger partial charge in [-0.3, -0.25) is 9.59 Å². The summed E-state index contributed by atoms with van der Waals surface area (Å²) >= 11 is 0. The van der Waals surface area contributed by atoms with Crippen molar-refractivity contribution < 1.29 is 9.59 Å². The number of rotatable bonds is 2. The van der Waals surface area contributed by atoms with Crippen molar-refractivity contribution >= 4 is 19.6 Å². The molecule has 1 aliphatic rings. The van der Waals surface area contributed by atoms with E-state index in [9.17, 15) is 9.59 Å². The van der Waals surface area contributed by atoms with E-state index in [0.29, 0.717) is 0 Å². The Labute approximate surface area is 107 Å². The van der Waals surface area contributed by atoms with Crippen LogP contribution in [0.4, 0.5) is 0 Å². The van der Waals surface area contributed by atoms with E-state index >= 15 is 0 Å². The molecule has 2 nitrogen and oxygen atoms in total. The summed E-state index contributed by atoms with van der Waals surface area (Å²) in [5, 5.41) is 0. The van der Waals surface area contributed by atoms with Gasteiger partial charge in [0.05, 0.1) is 0 Å². The minimum Gasteiger partial charge on any atom is -0.292 e. The Morgan fingerprint density at radius 2 is 1.06 bits per heavy atom. The van der Waals surface area contributed by atoms with Gasteiger partial charge in [0, 0.05) is 8.58 Å². The summed E-state index contributed by atoms with van der Waals surface area (Å²) < 4.78 is 0. The van der Waals surface area contributed by atoms with Crippen LogP contribution in [0.5, 0.6) is 0 Å². The molecule has 0 aromatic heterocycles. The number of benzene rings is 2. The molecule has 1 fully saturated rings. The van der Waals surface area contributed by atoms with Crippen molar-refractivity contribution in [2.75, 3.05) is 0 Å². The van der Waals surface area contributed by atoms with Crippen molar-refractivity contribution in [3.05, 3.63) is 71.8 Å². The molecule has 1 heterocycles. The predicted octanol–water partition coefficient (Wildman–Crippen LogP) is 2.72. The molecule has 1 aliphatic heterocycles. The van der Waals surface area contributed by atoms with Crippen LogP contribution >= 0.6 is 8.58 Å². The van der Waals surface area contributed by atoms with Gasteiger partial charge in [0.25, 0.3) is 0 Å². The first-order valence-electron chi connectivity index (χ1n) is 5.73. The lowest BCUT2D eigenvalue weighted by Gasteiger charge is -2.38. The second-order valence-electron chi connectivity index (χ2n) is 4.27. The minimum atomic E-state index is -1.04. The molecule has 0 atom stereocenters. The Kier molecular flexibility index (Phi) is 2.61. The number of hydrogen-bond acceptors (Lipinski definition) is 2. The van der Waals surface area contributed by atoms with Gasteiger partial charge in [-0.15, -0.1) is 0 Å². The molecule has 0 saturated carbocycles. The van der Waals surface area contributed by atoms with E-state index in [1.807, 2.05) is 60.7 Å². The first-order valence-corrected chi connectivity index (χ1v) is 6.73. The fourth-order valence-corrected chi connectivity index (χ4v) is 3.60. The van der Waals surface area contributed by atoms with Gasteiger partial charge in [0.1, 0.15) is 5.41 Å². The van der Waals surface area contributed by atoms with Gasteiger partial charge >= 0.3 is 0 Å². The number of carbonyl (C=O) groups is 2. The van der Waals surface area contributed by atoms with E-state index in [4.69, 9.17) is 0 Å². The lowest BCUT2D eigenvalue weighted by Crippen LogP contribution is -2.49. The summed E-state index contributed by atoms with van der Waals surface area (Å²) in [6, 6.07) is 18.6. The molecule has 0 N–H and O–H groups in total. The zero-order chi connectivity index (χ0) is 12.6. The van der Waals surface area contributed by atoms with Crippen molar-refractivity contribution in [1.82, 2.24) is 0 Å². The molecule has 0 amide bonds. The zero-order valence-corrected chi connectivity index (χ0v) is 10.6. The summed E-state index contributed by atoms with van der Waals surface area (Å²) in [7, 11) is -0.207. The van der Waals surface area contributed by atoms with Crippen LogP contribution in [0.3, 0.4) is 0 Å². The molecule has 18 heavy (non-hydrogen) atoms. The van der Waals surface area contributed by atoms with Gasteiger partial charge in [-0.25, -0.2) is 0 Å². The van der Waals surface area contributed by atoms with E-state index in [0.717, 1.165) is 11.1 Å². The molecule has 1 saturated heterocycles. The molecule has 88 valence electrons. The van der Waals surface area contributed by atoms with Crippen molar-refractivity contribution in [3.8, 4) is 0 Å². The van der Waals surface area contributed by atoms with Crippen LogP contribution in [0.15, 0.2) is 60.7 Å². The monoisotopic (exact) mass is 254 g/mol. The molecule has 2 aromatic rings. The Hall–Kier alpha value is -1.79. The number of hydrogen-bond donors (Lipinski definition) is 0. The van der Waals surface area contributed by atoms with Crippen LogP contribution in [-0.2, 0) is 15.0 Å². The Morgan fingerprint density at radius 1 is 0.667 bits per heavy atom. The maximum atomic E-state index is 12.2. The second kappa shape index (κ2) is 4.15. The Morgan fingerprint density at radius 3 is 1.39 bits per heavy atom. The van der Waals surface area contributed by atoms with Gasteiger partial charge in [-0.05, 0) is 11.1 Å². The van der Waals surface area contributed by atoms with E-state index < -0.39 is 5.41 Å². The van der Waals surface area contributed by atoms with Gasteiger partial charge in [0.2, 0.25) is 0 Å². The molecule has 0 bridgehead atoms. The maximum Gasteiger partial charge on any atom is 0.181 e. The maximum absolute atomic E-state index is 12.2. The van der Waals surface area contributed by atoms with Crippen molar-refractivity contribution in [2.24, 2.45) is 0 Å². The lowest BCUT2D eigenvalue weighted by molar-refractivity contribution is -0.127. The van der Waals surface area contributed by atoms with Crippen molar-refractivity contribution in [2.45, 2.75) is 5.41 Å². The van der Waals surface area contributed by atoms with Crippen molar-refractivity contribution in [1.29, 1.82) is 0 Å². The summed E-state index contributed by atoms with van der Waals surface area (Å²) in [6.45, 7) is 0.